The second-order valence-electron chi connectivity index (χ2n) is 6.86. The van der Waals surface area contributed by atoms with Crippen LogP contribution in [-0.4, -0.2) is 12.6 Å². The average molecular weight is 344 g/mol. The Bertz CT molecular complexity index is 849. The molecule has 132 valence electrons. The Morgan fingerprint density at radius 3 is 2.42 bits per heavy atom. The van der Waals surface area contributed by atoms with Crippen molar-refractivity contribution >= 4 is 5.69 Å². The van der Waals surface area contributed by atoms with Gasteiger partial charge in [0, 0.05) is 23.3 Å². The Morgan fingerprint density at radius 1 is 0.923 bits per heavy atom. The van der Waals surface area contributed by atoms with E-state index in [1.54, 1.807) is 0 Å². The van der Waals surface area contributed by atoms with Gasteiger partial charge in [0.1, 0.15) is 12.4 Å². The molecular weight excluding hydrogens is 320 g/mol. The number of nitrogen functional groups attached to an aromatic ring is 1. The molecule has 0 bridgehead atoms. The monoisotopic (exact) mass is 344 g/mol. The molecule has 1 aliphatic heterocycles. The molecule has 1 aliphatic rings. The molecule has 0 fully saturated rings. The van der Waals surface area contributed by atoms with Gasteiger partial charge < -0.3 is 15.8 Å². The number of nitrogens with two attached hydrogens (primary N) is 1. The molecule has 0 spiro atoms. The van der Waals surface area contributed by atoms with Crippen LogP contribution in [-0.2, 0) is 12.8 Å². The first-order valence-electron chi connectivity index (χ1n) is 9.14. The van der Waals surface area contributed by atoms with Gasteiger partial charge in [-0.15, -0.1) is 0 Å². The van der Waals surface area contributed by atoms with Gasteiger partial charge in [-0.25, -0.2) is 0 Å². The minimum Gasteiger partial charge on any atom is -0.492 e. The summed E-state index contributed by atoms with van der Waals surface area (Å²) in [6.07, 6.45) is 1.83. The third-order valence-electron chi connectivity index (χ3n) is 4.98. The van der Waals surface area contributed by atoms with Crippen LogP contribution in [0.1, 0.15) is 22.7 Å². The van der Waals surface area contributed by atoms with Crippen molar-refractivity contribution in [3.05, 3.63) is 95.6 Å². The predicted octanol–water partition coefficient (Wildman–Crippen LogP) is 4.15. The molecule has 26 heavy (non-hydrogen) atoms. The smallest absolute Gasteiger partial charge is 0.124 e. The van der Waals surface area contributed by atoms with Gasteiger partial charge in [-0.3, -0.25) is 0 Å². The molecule has 0 aliphatic carbocycles. The molecule has 0 saturated heterocycles. The average Bonchev–Trinajstić information content (AvgIpc) is 2.70. The third-order valence-corrected chi connectivity index (χ3v) is 4.98. The highest BCUT2D eigenvalue weighted by Gasteiger charge is 2.24. The first-order chi connectivity index (χ1) is 12.8. The van der Waals surface area contributed by atoms with Crippen LogP contribution in [0.2, 0.25) is 0 Å². The quantitative estimate of drug-likeness (QED) is 0.684. The summed E-state index contributed by atoms with van der Waals surface area (Å²) < 4.78 is 5.96. The minimum atomic E-state index is 0.235. The highest BCUT2D eigenvalue weighted by atomic mass is 16.5. The van der Waals surface area contributed by atoms with E-state index < -0.39 is 0 Å². The Balaban J connectivity index is 1.54. The third kappa shape index (κ3) is 3.73. The zero-order chi connectivity index (χ0) is 17.8. The maximum atomic E-state index is 6.16. The lowest BCUT2D eigenvalue weighted by molar-refractivity contribution is 0.227. The molecule has 3 nitrogen and oxygen atoms in total. The van der Waals surface area contributed by atoms with Gasteiger partial charge in [0.15, 0.2) is 0 Å². The summed E-state index contributed by atoms with van der Waals surface area (Å²) in [7, 11) is 0. The van der Waals surface area contributed by atoms with E-state index in [2.05, 4.69) is 66.0 Å². The van der Waals surface area contributed by atoms with E-state index in [1.807, 2.05) is 18.2 Å². The van der Waals surface area contributed by atoms with E-state index in [1.165, 1.54) is 11.1 Å². The van der Waals surface area contributed by atoms with E-state index in [9.17, 15) is 0 Å². The molecule has 2 atom stereocenters. The minimum absolute atomic E-state index is 0.235. The largest absolute Gasteiger partial charge is 0.492 e. The number of anilines is 1. The fourth-order valence-corrected chi connectivity index (χ4v) is 3.63. The number of benzene rings is 3. The molecule has 4 rings (SSSR count). The first kappa shape index (κ1) is 16.7. The second-order valence-corrected chi connectivity index (χ2v) is 6.86. The summed E-state index contributed by atoms with van der Waals surface area (Å²) in [5, 5.41) is 3.81. The van der Waals surface area contributed by atoms with Crippen molar-refractivity contribution in [2.75, 3.05) is 12.3 Å². The summed E-state index contributed by atoms with van der Waals surface area (Å²) in [6, 6.07) is 27.6. The fraction of sp³-hybridized carbons (Fsp3) is 0.217. The van der Waals surface area contributed by atoms with Crippen LogP contribution in [0.15, 0.2) is 78.9 Å². The molecule has 3 aromatic carbocycles. The Kier molecular flexibility index (Phi) is 4.89. The number of nitrogens with one attached hydrogen (secondary N) is 1. The van der Waals surface area contributed by atoms with E-state index in [-0.39, 0.29) is 12.1 Å². The lowest BCUT2D eigenvalue weighted by Crippen LogP contribution is -2.42. The van der Waals surface area contributed by atoms with Gasteiger partial charge >= 0.3 is 0 Å². The lowest BCUT2D eigenvalue weighted by Gasteiger charge is -2.31. The van der Waals surface area contributed by atoms with E-state index in [0.29, 0.717) is 6.61 Å². The maximum Gasteiger partial charge on any atom is 0.124 e. The van der Waals surface area contributed by atoms with Gasteiger partial charge in [0.2, 0.25) is 0 Å². The molecule has 0 saturated carbocycles. The van der Waals surface area contributed by atoms with Crippen LogP contribution in [0, 0.1) is 0 Å². The number of fused-ring (bicyclic) bond motifs is 1. The molecule has 3 heteroatoms. The SMILES string of the molecule is Nc1cccc2c1CC(NC(Cc1ccccc1)c1ccccc1)CO2. The molecule has 1 heterocycles. The standard InChI is InChI=1S/C23H24N2O/c24-21-12-7-13-23-20(21)15-19(16-26-23)25-22(18-10-5-2-6-11-18)14-17-8-3-1-4-9-17/h1-13,19,22,25H,14-16,24H2. The van der Waals surface area contributed by atoms with Crippen molar-refractivity contribution in [1.82, 2.24) is 5.32 Å². The van der Waals surface area contributed by atoms with Crippen LogP contribution >= 0.6 is 0 Å². The lowest BCUT2D eigenvalue weighted by atomic mass is 9.95. The van der Waals surface area contributed by atoms with Crippen LogP contribution in [0.25, 0.3) is 0 Å². The summed E-state index contributed by atoms with van der Waals surface area (Å²) in [5.74, 6) is 0.919. The molecule has 2 unspecified atom stereocenters. The normalized spacial score (nSPS) is 17.2. The maximum absolute atomic E-state index is 6.16. The highest BCUT2D eigenvalue weighted by Crippen LogP contribution is 2.30. The number of rotatable bonds is 5. The molecular formula is C23H24N2O. The predicted molar refractivity (Wildman–Crippen MR) is 106 cm³/mol. The topological polar surface area (TPSA) is 47.3 Å². The van der Waals surface area contributed by atoms with Crippen molar-refractivity contribution in [2.24, 2.45) is 0 Å². The van der Waals surface area contributed by atoms with E-state index >= 15 is 0 Å². The van der Waals surface area contributed by atoms with Crippen LogP contribution < -0.4 is 15.8 Å². The van der Waals surface area contributed by atoms with Gasteiger partial charge in [-0.05, 0) is 36.1 Å². The Morgan fingerprint density at radius 2 is 1.65 bits per heavy atom. The van der Waals surface area contributed by atoms with Gasteiger partial charge in [-0.2, -0.15) is 0 Å². The molecule has 3 N–H and O–H groups in total. The van der Waals surface area contributed by atoms with Crippen molar-refractivity contribution in [3.63, 3.8) is 0 Å². The zero-order valence-corrected chi connectivity index (χ0v) is 14.8. The van der Waals surface area contributed by atoms with Gasteiger partial charge in [-0.1, -0.05) is 66.7 Å². The summed E-state index contributed by atoms with van der Waals surface area (Å²) in [5.41, 5.74) is 10.7. The van der Waals surface area contributed by atoms with Crippen molar-refractivity contribution < 1.29 is 4.74 Å². The molecule has 3 aromatic rings. The Labute approximate surface area is 154 Å². The van der Waals surface area contributed by atoms with Crippen molar-refractivity contribution in [1.29, 1.82) is 0 Å². The van der Waals surface area contributed by atoms with E-state index in [4.69, 9.17) is 10.5 Å². The first-order valence-corrected chi connectivity index (χ1v) is 9.14. The summed E-state index contributed by atoms with van der Waals surface area (Å²) in [6.45, 7) is 0.661. The highest BCUT2D eigenvalue weighted by molar-refractivity contribution is 5.55. The Hall–Kier alpha value is -2.78. The van der Waals surface area contributed by atoms with Crippen LogP contribution in [0.5, 0.6) is 5.75 Å². The van der Waals surface area contributed by atoms with Gasteiger partial charge in [0.25, 0.3) is 0 Å². The zero-order valence-electron chi connectivity index (χ0n) is 14.8. The summed E-state index contributed by atoms with van der Waals surface area (Å²) in [4.78, 5) is 0. The molecule has 0 radical (unpaired) electrons. The second kappa shape index (κ2) is 7.63. The molecule has 0 aromatic heterocycles. The molecule has 0 amide bonds. The van der Waals surface area contributed by atoms with Crippen molar-refractivity contribution in [3.8, 4) is 5.75 Å². The van der Waals surface area contributed by atoms with Crippen molar-refractivity contribution in [2.45, 2.75) is 24.9 Å². The van der Waals surface area contributed by atoms with Crippen LogP contribution in [0.3, 0.4) is 0 Å². The van der Waals surface area contributed by atoms with Crippen LogP contribution in [0.4, 0.5) is 5.69 Å². The van der Waals surface area contributed by atoms with Gasteiger partial charge in [0.05, 0.1) is 0 Å². The number of hydrogen-bond donors (Lipinski definition) is 2. The fourth-order valence-electron chi connectivity index (χ4n) is 3.63. The summed E-state index contributed by atoms with van der Waals surface area (Å²) >= 11 is 0. The number of hydrogen-bond acceptors (Lipinski definition) is 3. The number of ether oxygens (including phenoxy) is 1. The van der Waals surface area contributed by atoms with E-state index in [0.717, 1.165) is 29.8 Å².